The van der Waals surface area contributed by atoms with E-state index in [0.717, 1.165) is 29.3 Å². The van der Waals surface area contributed by atoms with Gasteiger partial charge in [-0.2, -0.15) is 4.31 Å². The molecule has 1 fully saturated rings. The fourth-order valence-electron chi connectivity index (χ4n) is 5.09. The molecule has 12 nitrogen and oxygen atoms in total. The highest BCUT2D eigenvalue weighted by molar-refractivity contribution is 7.89. The molecule has 1 aliphatic rings. The largest absolute Gasteiger partial charge is 0.322 e. The zero-order chi connectivity index (χ0) is 30.6. The number of nitrogens with one attached hydrogen (secondary N) is 1. The molecule has 0 bridgehead atoms. The van der Waals surface area contributed by atoms with Crippen LogP contribution in [0.4, 0.5) is 17.1 Å². The van der Waals surface area contributed by atoms with Gasteiger partial charge in [0.15, 0.2) is 0 Å². The quantitative estimate of drug-likeness (QED) is 0.211. The van der Waals surface area contributed by atoms with Gasteiger partial charge in [0, 0.05) is 44.0 Å². The summed E-state index contributed by atoms with van der Waals surface area (Å²) >= 11 is 0. The van der Waals surface area contributed by atoms with Crippen molar-refractivity contribution in [2.45, 2.75) is 10.9 Å². The number of hydrogen-bond donors (Lipinski definition) is 1. The smallest absolute Gasteiger partial charge is 0.277 e. The molecule has 1 N–H and O–H groups in total. The van der Waals surface area contributed by atoms with Crippen LogP contribution in [0.25, 0.3) is 0 Å². The molecule has 0 aromatic heterocycles. The summed E-state index contributed by atoms with van der Waals surface area (Å²) in [5, 5.41) is 24.8. The van der Waals surface area contributed by atoms with Gasteiger partial charge in [0.25, 0.3) is 17.3 Å². The monoisotopic (exact) mass is 601 g/mol. The molecule has 0 spiro atoms. The van der Waals surface area contributed by atoms with Crippen molar-refractivity contribution in [1.82, 2.24) is 9.21 Å². The molecule has 4 aromatic carbocycles. The number of rotatable bonds is 9. The lowest BCUT2D eigenvalue weighted by atomic mass is 9.96. The summed E-state index contributed by atoms with van der Waals surface area (Å²) in [6, 6.07) is 28.3. The van der Waals surface area contributed by atoms with Crippen LogP contribution >= 0.6 is 0 Å². The lowest BCUT2D eigenvalue weighted by Gasteiger charge is -2.39. The van der Waals surface area contributed by atoms with Gasteiger partial charge >= 0.3 is 0 Å². The molecule has 1 saturated heterocycles. The summed E-state index contributed by atoms with van der Waals surface area (Å²) in [6.45, 7) is 1.64. The minimum absolute atomic E-state index is 0.0115. The summed E-state index contributed by atoms with van der Waals surface area (Å²) in [6.07, 6.45) is 0. The van der Waals surface area contributed by atoms with Crippen LogP contribution < -0.4 is 5.32 Å². The van der Waals surface area contributed by atoms with Crippen molar-refractivity contribution in [3.8, 4) is 0 Å². The van der Waals surface area contributed by atoms with Crippen LogP contribution in [0.2, 0.25) is 0 Å². The molecule has 1 heterocycles. The van der Waals surface area contributed by atoms with E-state index in [4.69, 9.17) is 0 Å². The van der Waals surface area contributed by atoms with Crippen molar-refractivity contribution in [3.05, 3.63) is 140 Å². The van der Waals surface area contributed by atoms with Gasteiger partial charge in [-0.1, -0.05) is 60.7 Å². The van der Waals surface area contributed by atoms with Crippen molar-refractivity contribution in [3.63, 3.8) is 0 Å². The van der Waals surface area contributed by atoms with E-state index in [9.17, 15) is 33.4 Å². The Morgan fingerprint density at radius 2 is 1.21 bits per heavy atom. The van der Waals surface area contributed by atoms with Crippen LogP contribution in [0.5, 0.6) is 0 Å². The number of nitrogens with zero attached hydrogens (tertiary/aromatic N) is 4. The zero-order valence-electron chi connectivity index (χ0n) is 22.8. The molecule has 1 aliphatic heterocycles. The molecule has 0 atom stereocenters. The number of sulfonamides is 1. The van der Waals surface area contributed by atoms with Crippen molar-refractivity contribution in [2.24, 2.45) is 0 Å². The van der Waals surface area contributed by atoms with Gasteiger partial charge in [-0.05, 0) is 35.4 Å². The highest BCUT2D eigenvalue weighted by Gasteiger charge is 2.32. The predicted molar refractivity (Wildman–Crippen MR) is 159 cm³/mol. The Morgan fingerprint density at radius 1 is 0.721 bits per heavy atom. The normalized spacial score (nSPS) is 14.3. The molecular weight excluding hydrogens is 574 g/mol. The number of carbonyl (C=O) groups is 1. The first kappa shape index (κ1) is 29.5. The van der Waals surface area contributed by atoms with Crippen LogP contribution in [-0.2, 0) is 10.0 Å². The predicted octanol–water partition coefficient (Wildman–Crippen LogP) is 4.85. The number of nitro groups is 2. The van der Waals surface area contributed by atoms with Crippen LogP contribution in [0.1, 0.15) is 27.5 Å². The number of anilines is 1. The Bertz CT molecular complexity index is 1670. The van der Waals surface area contributed by atoms with E-state index >= 15 is 0 Å². The van der Waals surface area contributed by atoms with E-state index in [1.807, 2.05) is 36.4 Å². The van der Waals surface area contributed by atoms with Crippen LogP contribution in [0.15, 0.2) is 108 Å². The Morgan fingerprint density at radius 3 is 1.67 bits per heavy atom. The Labute approximate surface area is 247 Å². The minimum atomic E-state index is -3.82. The molecule has 0 unspecified atom stereocenters. The number of piperazine rings is 1. The first-order valence-electron chi connectivity index (χ1n) is 13.3. The highest BCUT2D eigenvalue weighted by atomic mass is 32.2. The van der Waals surface area contributed by atoms with E-state index in [0.29, 0.717) is 26.2 Å². The van der Waals surface area contributed by atoms with Crippen LogP contribution in [0.3, 0.4) is 0 Å². The number of carbonyl (C=O) groups excluding carboxylic acids is 1. The zero-order valence-corrected chi connectivity index (χ0v) is 23.6. The fraction of sp³-hybridized carbons (Fsp3) is 0.167. The third-order valence-corrected chi connectivity index (χ3v) is 9.12. The molecule has 220 valence electrons. The summed E-state index contributed by atoms with van der Waals surface area (Å²) in [5.74, 6) is -0.815. The number of amides is 1. The van der Waals surface area contributed by atoms with Crippen molar-refractivity contribution in [2.75, 3.05) is 31.5 Å². The van der Waals surface area contributed by atoms with Gasteiger partial charge in [0.1, 0.15) is 0 Å². The summed E-state index contributed by atoms with van der Waals surface area (Å²) in [4.78, 5) is 35.6. The maximum absolute atomic E-state index is 13.5. The minimum Gasteiger partial charge on any atom is -0.322 e. The number of non-ortho nitro benzene ring substituents is 2. The van der Waals surface area contributed by atoms with Gasteiger partial charge in [-0.25, -0.2) is 8.42 Å². The summed E-state index contributed by atoms with van der Waals surface area (Å²) in [7, 11) is -3.82. The lowest BCUT2D eigenvalue weighted by molar-refractivity contribution is -0.394. The van der Waals surface area contributed by atoms with E-state index in [1.165, 1.54) is 28.6 Å². The molecule has 13 heteroatoms. The van der Waals surface area contributed by atoms with Gasteiger partial charge in [0.2, 0.25) is 10.0 Å². The Balaban J connectivity index is 1.27. The van der Waals surface area contributed by atoms with Gasteiger partial charge in [-0.15, -0.1) is 0 Å². The van der Waals surface area contributed by atoms with Crippen molar-refractivity contribution < 1.29 is 23.1 Å². The topological polar surface area (TPSA) is 156 Å². The standard InChI is InChI=1S/C30H27N5O7S/c36-30(24-19-26(34(37)38)21-27(20-24)35(39)40)31-25-11-13-28(14-12-25)43(41,42)33-17-15-32(16-18-33)29(22-7-3-1-4-8-22)23-9-5-2-6-10-23/h1-14,19-21,29H,15-18H2,(H,31,36). The van der Waals surface area contributed by atoms with E-state index in [-0.39, 0.29) is 22.2 Å². The third kappa shape index (κ3) is 6.59. The van der Waals surface area contributed by atoms with E-state index in [2.05, 4.69) is 34.5 Å². The molecule has 0 saturated carbocycles. The summed E-state index contributed by atoms with van der Waals surface area (Å²) in [5.41, 5.74) is 1.00. The Hall–Kier alpha value is -4.98. The van der Waals surface area contributed by atoms with E-state index < -0.39 is 37.2 Å². The average molecular weight is 602 g/mol. The molecule has 0 radical (unpaired) electrons. The van der Waals surface area contributed by atoms with E-state index in [1.54, 1.807) is 0 Å². The second kappa shape index (κ2) is 12.5. The number of hydrogen-bond acceptors (Lipinski definition) is 8. The maximum Gasteiger partial charge on any atom is 0.277 e. The van der Waals surface area contributed by atoms with Gasteiger partial charge in [0.05, 0.1) is 32.4 Å². The lowest BCUT2D eigenvalue weighted by Crippen LogP contribution is -2.49. The average Bonchev–Trinajstić information content (AvgIpc) is 3.02. The highest BCUT2D eigenvalue weighted by Crippen LogP contribution is 2.31. The van der Waals surface area contributed by atoms with Gasteiger partial charge < -0.3 is 5.32 Å². The molecule has 1 amide bonds. The van der Waals surface area contributed by atoms with Crippen molar-refractivity contribution in [1.29, 1.82) is 0 Å². The van der Waals surface area contributed by atoms with Crippen molar-refractivity contribution >= 4 is 33.0 Å². The first-order chi connectivity index (χ1) is 20.6. The molecule has 4 aromatic rings. The van der Waals surface area contributed by atoms with Crippen LogP contribution in [-0.4, -0.2) is 59.6 Å². The van der Waals surface area contributed by atoms with Gasteiger partial charge in [-0.3, -0.25) is 29.9 Å². The Kier molecular flexibility index (Phi) is 8.57. The number of nitro benzene ring substituents is 2. The number of benzene rings is 4. The van der Waals surface area contributed by atoms with Crippen LogP contribution in [0, 0.1) is 20.2 Å². The molecule has 43 heavy (non-hydrogen) atoms. The molecule has 0 aliphatic carbocycles. The SMILES string of the molecule is O=C(Nc1ccc(S(=O)(=O)N2CCN(C(c3ccccc3)c3ccccc3)CC2)cc1)c1cc([N+](=O)[O-])cc([N+](=O)[O-])c1. The molecule has 5 rings (SSSR count). The fourth-order valence-corrected chi connectivity index (χ4v) is 6.51. The first-order valence-corrected chi connectivity index (χ1v) is 14.8. The molecular formula is C30H27N5O7S. The second-order valence-electron chi connectivity index (χ2n) is 9.89. The second-order valence-corrected chi connectivity index (χ2v) is 11.8. The maximum atomic E-state index is 13.5. The third-order valence-electron chi connectivity index (χ3n) is 7.21. The summed E-state index contributed by atoms with van der Waals surface area (Å²) < 4.78 is 28.3.